The number of benzene rings is 1. The molecule has 5 rings (SSSR count). The Bertz CT molecular complexity index is 1280. The molecule has 2 aliphatic rings. The van der Waals surface area contributed by atoms with Gasteiger partial charge < -0.3 is 9.80 Å². The first-order valence-electron chi connectivity index (χ1n) is 10.7. The van der Waals surface area contributed by atoms with Crippen molar-refractivity contribution < 1.29 is 13.2 Å². The number of piperazine rings is 1. The third-order valence-electron chi connectivity index (χ3n) is 6.10. The fraction of sp³-hybridized carbons (Fsp3) is 0.429. The molecule has 0 aliphatic carbocycles. The van der Waals surface area contributed by atoms with Crippen molar-refractivity contribution in [2.45, 2.75) is 17.1 Å². The van der Waals surface area contributed by atoms with Crippen LogP contribution in [0.5, 0.6) is 0 Å². The number of halogens is 2. The monoisotopic (exact) mass is 544 g/mol. The molecule has 12 heteroatoms. The predicted molar refractivity (Wildman–Crippen MR) is 134 cm³/mol. The summed E-state index contributed by atoms with van der Waals surface area (Å²) in [5, 5.41) is 1.56. The van der Waals surface area contributed by atoms with Gasteiger partial charge in [0, 0.05) is 39.3 Å². The maximum Gasteiger partial charge on any atom is 0.252 e. The molecule has 1 unspecified atom stereocenters. The summed E-state index contributed by atoms with van der Waals surface area (Å²) < 4.78 is 29.1. The van der Waals surface area contributed by atoms with Crippen molar-refractivity contribution in [3.05, 3.63) is 39.7 Å². The highest BCUT2D eigenvalue weighted by atomic mass is 35.5. The second-order valence-corrected chi connectivity index (χ2v) is 13.5. The van der Waals surface area contributed by atoms with Gasteiger partial charge in [-0.3, -0.25) is 4.79 Å². The van der Waals surface area contributed by atoms with Crippen molar-refractivity contribution in [1.29, 1.82) is 0 Å². The summed E-state index contributed by atoms with van der Waals surface area (Å²) in [5.74, 6) is -0.289. The van der Waals surface area contributed by atoms with E-state index in [1.807, 2.05) is 23.1 Å². The minimum atomic E-state index is -3.63. The lowest BCUT2D eigenvalue weighted by molar-refractivity contribution is -0.137. The zero-order valence-electron chi connectivity index (χ0n) is 17.6. The van der Waals surface area contributed by atoms with E-state index in [4.69, 9.17) is 28.2 Å². The zero-order chi connectivity index (χ0) is 23.2. The standard InChI is InChI=1S/C21H22Cl2N4O3S3/c22-15-4-1-5-16-19(15)24-21(31-16)26-11-9-25(10-12-26)20(28)14-3-2-8-27(13-14)33(29,30)18-7-6-17(23)32-18/h1,4-7,14H,2-3,8-13H2. The van der Waals surface area contributed by atoms with E-state index in [0.29, 0.717) is 54.9 Å². The third kappa shape index (κ3) is 4.61. The first-order valence-corrected chi connectivity index (χ1v) is 14.5. The minimum Gasteiger partial charge on any atom is -0.345 e. The summed E-state index contributed by atoms with van der Waals surface area (Å²) >= 11 is 14.8. The van der Waals surface area contributed by atoms with Gasteiger partial charge in [-0.25, -0.2) is 13.4 Å². The van der Waals surface area contributed by atoms with Gasteiger partial charge in [-0.2, -0.15) is 4.31 Å². The van der Waals surface area contributed by atoms with Crippen molar-refractivity contribution in [2.75, 3.05) is 44.2 Å². The maximum atomic E-state index is 13.2. The number of thiophene rings is 1. The van der Waals surface area contributed by atoms with Crippen molar-refractivity contribution >= 4 is 77.2 Å². The highest BCUT2D eigenvalue weighted by Crippen LogP contribution is 2.34. The van der Waals surface area contributed by atoms with Crippen LogP contribution in [0.4, 0.5) is 5.13 Å². The number of sulfonamides is 1. The number of hydrogen-bond donors (Lipinski definition) is 0. The second kappa shape index (κ2) is 9.31. The second-order valence-electron chi connectivity index (χ2n) is 8.16. The third-order valence-corrected chi connectivity index (χ3v) is 11.0. The number of piperidine rings is 1. The first kappa shape index (κ1) is 23.3. The van der Waals surface area contributed by atoms with Crippen molar-refractivity contribution in [3.63, 3.8) is 0 Å². The number of nitrogens with zero attached hydrogens (tertiary/aromatic N) is 4. The van der Waals surface area contributed by atoms with Crippen molar-refractivity contribution in [3.8, 4) is 0 Å². The Morgan fingerprint density at radius 1 is 1.03 bits per heavy atom. The highest BCUT2D eigenvalue weighted by Gasteiger charge is 2.36. The topological polar surface area (TPSA) is 73.8 Å². The van der Waals surface area contributed by atoms with Crippen LogP contribution in [0.2, 0.25) is 9.36 Å². The number of rotatable bonds is 4. The Kier molecular flexibility index (Phi) is 6.58. The first-order chi connectivity index (χ1) is 15.8. The SMILES string of the molecule is O=C(C1CCCN(S(=O)(=O)c2ccc(Cl)s2)C1)N1CCN(c2nc3c(Cl)cccc3s2)CC1. The van der Waals surface area contributed by atoms with Crippen molar-refractivity contribution in [2.24, 2.45) is 5.92 Å². The highest BCUT2D eigenvalue weighted by molar-refractivity contribution is 7.91. The molecule has 0 saturated carbocycles. The van der Waals surface area contributed by atoms with Crippen LogP contribution in [0, 0.1) is 5.92 Å². The molecule has 176 valence electrons. The number of hydrogen-bond acceptors (Lipinski definition) is 7. The lowest BCUT2D eigenvalue weighted by Crippen LogP contribution is -2.53. The number of para-hydroxylation sites is 1. The summed E-state index contributed by atoms with van der Waals surface area (Å²) in [6.45, 7) is 3.19. The van der Waals surface area contributed by atoms with Crippen LogP contribution in [0.25, 0.3) is 10.2 Å². The van der Waals surface area contributed by atoms with E-state index in [0.717, 1.165) is 26.7 Å². The van der Waals surface area contributed by atoms with Crippen LogP contribution in [-0.2, 0) is 14.8 Å². The molecule has 33 heavy (non-hydrogen) atoms. The van der Waals surface area contributed by atoms with Gasteiger partial charge in [-0.1, -0.05) is 40.6 Å². The molecule has 4 heterocycles. The Morgan fingerprint density at radius 3 is 2.52 bits per heavy atom. The fourth-order valence-corrected chi connectivity index (χ4v) is 8.82. The number of carbonyl (C=O) groups is 1. The summed E-state index contributed by atoms with van der Waals surface area (Å²) in [5.41, 5.74) is 0.813. The average Bonchev–Trinajstić information content (AvgIpc) is 3.46. The van der Waals surface area contributed by atoms with E-state index < -0.39 is 10.0 Å². The molecule has 0 radical (unpaired) electrons. The van der Waals surface area contributed by atoms with Gasteiger partial charge in [-0.15, -0.1) is 11.3 Å². The van der Waals surface area contributed by atoms with Gasteiger partial charge >= 0.3 is 0 Å². The molecule has 2 aliphatic heterocycles. The largest absolute Gasteiger partial charge is 0.345 e. The van der Waals surface area contributed by atoms with Crippen LogP contribution >= 0.6 is 45.9 Å². The number of thiazole rings is 1. The van der Waals surface area contributed by atoms with Gasteiger partial charge in [0.15, 0.2) is 5.13 Å². The molecule has 1 atom stereocenters. The Morgan fingerprint density at radius 2 is 1.82 bits per heavy atom. The van der Waals surface area contributed by atoms with Crippen LogP contribution in [0.15, 0.2) is 34.5 Å². The lowest BCUT2D eigenvalue weighted by Gasteiger charge is -2.38. The Hall–Kier alpha value is -1.43. The number of aromatic nitrogens is 1. The molecular formula is C21H22Cl2N4O3S3. The van der Waals surface area contributed by atoms with E-state index >= 15 is 0 Å². The molecule has 1 amide bonds. The normalized spacial score (nSPS) is 20.5. The summed E-state index contributed by atoms with van der Waals surface area (Å²) in [6, 6.07) is 8.89. The van der Waals surface area contributed by atoms with Crippen LogP contribution in [-0.4, -0.2) is 67.8 Å². The molecule has 2 fully saturated rings. The van der Waals surface area contributed by atoms with Gasteiger partial charge in [0.1, 0.15) is 9.73 Å². The molecule has 0 N–H and O–H groups in total. The minimum absolute atomic E-state index is 0.0334. The Labute approximate surface area is 210 Å². The molecule has 7 nitrogen and oxygen atoms in total. The predicted octanol–water partition coefficient (Wildman–Crippen LogP) is 4.41. The van der Waals surface area contributed by atoms with E-state index in [-0.39, 0.29) is 22.6 Å². The smallest absolute Gasteiger partial charge is 0.252 e. The summed E-state index contributed by atoms with van der Waals surface area (Å²) in [7, 11) is -3.63. The van der Waals surface area contributed by atoms with Crippen LogP contribution in [0.3, 0.4) is 0 Å². The number of carbonyl (C=O) groups excluding carboxylic acids is 1. The number of amides is 1. The van der Waals surface area contributed by atoms with Crippen LogP contribution < -0.4 is 4.90 Å². The zero-order valence-corrected chi connectivity index (χ0v) is 21.6. The molecule has 2 aromatic heterocycles. The van der Waals surface area contributed by atoms with Gasteiger partial charge in [-0.05, 0) is 37.1 Å². The van der Waals surface area contributed by atoms with Gasteiger partial charge in [0.25, 0.3) is 10.0 Å². The number of fused-ring (bicyclic) bond motifs is 1. The summed E-state index contributed by atoms with van der Waals surface area (Å²) in [4.78, 5) is 22.0. The Balaban J connectivity index is 1.22. The molecule has 1 aromatic carbocycles. The molecule has 0 bridgehead atoms. The molecular weight excluding hydrogens is 523 g/mol. The molecule has 2 saturated heterocycles. The lowest BCUT2D eigenvalue weighted by atomic mass is 9.98. The quantitative estimate of drug-likeness (QED) is 0.486. The van der Waals surface area contributed by atoms with Gasteiger partial charge in [0.2, 0.25) is 5.91 Å². The molecule has 3 aromatic rings. The van der Waals surface area contributed by atoms with Gasteiger partial charge in [0.05, 0.1) is 20.0 Å². The average molecular weight is 546 g/mol. The van der Waals surface area contributed by atoms with E-state index in [2.05, 4.69) is 4.90 Å². The van der Waals surface area contributed by atoms with Crippen LogP contribution in [0.1, 0.15) is 12.8 Å². The number of anilines is 1. The van der Waals surface area contributed by atoms with Crippen molar-refractivity contribution in [1.82, 2.24) is 14.2 Å². The fourth-order valence-electron chi connectivity index (χ4n) is 4.34. The maximum absolute atomic E-state index is 13.2. The van der Waals surface area contributed by atoms with E-state index in [9.17, 15) is 13.2 Å². The molecule has 0 spiro atoms. The van der Waals surface area contributed by atoms with E-state index in [1.54, 1.807) is 17.4 Å². The van der Waals surface area contributed by atoms with E-state index in [1.165, 1.54) is 10.4 Å². The summed E-state index contributed by atoms with van der Waals surface area (Å²) in [6.07, 6.45) is 1.37.